The molecule has 1 rings (SSSR count). The monoisotopic (exact) mass is 344 g/mol. The van der Waals surface area contributed by atoms with E-state index in [0.717, 1.165) is 0 Å². The van der Waals surface area contributed by atoms with Crippen LogP contribution in [-0.2, 0) is 29.5 Å². The number of carbonyl (C=O) groups is 2. The topological polar surface area (TPSA) is 116 Å². The second-order valence-electron chi connectivity index (χ2n) is 4.08. The maximum absolute atomic E-state index is 11.8. The van der Waals surface area contributed by atoms with Crippen LogP contribution >= 0.6 is 0 Å². The molecule has 0 amide bonds. The lowest BCUT2D eigenvalue weighted by Gasteiger charge is -2.07. The molecule has 0 fully saturated rings. The molecule has 0 aliphatic heterocycles. The second kappa shape index (κ2) is 8.30. The van der Waals surface area contributed by atoms with Crippen molar-refractivity contribution in [2.75, 3.05) is 13.2 Å². The van der Waals surface area contributed by atoms with E-state index in [1.807, 2.05) is 0 Å². The molecule has 8 nitrogen and oxygen atoms in total. The largest absolute Gasteiger partial charge is 0.462 e. The first-order chi connectivity index (χ1) is 10.8. The summed E-state index contributed by atoms with van der Waals surface area (Å²) in [5, 5.41) is 0. The third-order valence-corrected chi connectivity index (χ3v) is 2.79. The third-order valence-electron chi connectivity index (χ3n) is 2.38. The van der Waals surface area contributed by atoms with Crippen LogP contribution in [0.3, 0.4) is 0 Å². The highest BCUT2D eigenvalue weighted by atomic mass is 32.3. The molecule has 1 N–H and O–H groups in total. The predicted octanol–water partition coefficient (Wildman–Crippen LogP) is 1.38. The zero-order valence-corrected chi connectivity index (χ0v) is 13.3. The van der Waals surface area contributed by atoms with E-state index in [4.69, 9.17) is 14.0 Å². The summed E-state index contributed by atoms with van der Waals surface area (Å²) in [5.41, 5.74) is 0.112. The van der Waals surface area contributed by atoms with Gasteiger partial charge in [0.25, 0.3) is 0 Å². The molecule has 1 aromatic rings. The van der Waals surface area contributed by atoms with Gasteiger partial charge >= 0.3 is 22.3 Å². The molecule has 0 aliphatic carbocycles. The number of hydrogen-bond donors (Lipinski definition) is 1. The van der Waals surface area contributed by atoms with Crippen molar-refractivity contribution in [3.8, 4) is 5.75 Å². The Morgan fingerprint density at radius 1 is 1.04 bits per heavy atom. The first-order valence-corrected chi connectivity index (χ1v) is 7.96. The molecule has 0 radical (unpaired) electrons. The highest BCUT2D eigenvalue weighted by Crippen LogP contribution is 2.17. The first kappa shape index (κ1) is 18.7. The lowest BCUT2D eigenvalue weighted by Crippen LogP contribution is -2.18. The van der Waals surface area contributed by atoms with Crippen LogP contribution in [0.5, 0.6) is 5.75 Å². The molecule has 0 saturated carbocycles. The summed E-state index contributed by atoms with van der Waals surface area (Å²) in [6, 6.07) is 5.26. The zero-order valence-electron chi connectivity index (χ0n) is 12.5. The Morgan fingerprint density at radius 3 is 1.91 bits per heavy atom. The molecule has 0 aliphatic rings. The van der Waals surface area contributed by atoms with E-state index >= 15 is 0 Å². The van der Waals surface area contributed by atoms with Gasteiger partial charge in [0.2, 0.25) is 0 Å². The second-order valence-corrected chi connectivity index (χ2v) is 5.10. The van der Waals surface area contributed by atoms with Crippen molar-refractivity contribution in [2.45, 2.75) is 13.8 Å². The van der Waals surface area contributed by atoms with Crippen molar-refractivity contribution in [1.29, 1.82) is 0 Å². The van der Waals surface area contributed by atoms with Crippen molar-refractivity contribution in [1.82, 2.24) is 0 Å². The van der Waals surface area contributed by atoms with Crippen LogP contribution in [0.15, 0.2) is 29.8 Å². The van der Waals surface area contributed by atoms with Gasteiger partial charge in [0.05, 0.1) is 13.2 Å². The average Bonchev–Trinajstić information content (AvgIpc) is 2.45. The Balaban J connectivity index is 3.06. The van der Waals surface area contributed by atoms with Gasteiger partial charge in [-0.05, 0) is 37.6 Å². The van der Waals surface area contributed by atoms with E-state index in [1.54, 1.807) is 13.8 Å². The van der Waals surface area contributed by atoms with Crippen molar-refractivity contribution < 1.29 is 36.2 Å². The van der Waals surface area contributed by atoms with E-state index in [2.05, 4.69) is 4.18 Å². The van der Waals surface area contributed by atoms with Gasteiger partial charge in [0, 0.05) is 0 Å². The molecular formula is C14H16O8S. The highest BCUT2D eigenvalue weighted by molar-refractivity contribution is 7.81. The molecule has 0 unspecified atom stereocenters. The van der Waals surface area contributed by atoms with Crippen molar-refractivity contribution >= 4 is 28.4 Å². The number of carbonyl (C=O) groups excluding carboxylic acids is 2. The van der Waals surface area contributed by atoms with Gasteiger partial charge in [-0.1, -0.05) is 12.1 Å². The van der Waals surface area contributed by atoms with E-state index in [-0.39, 0.29) is 24.5 Å². The maximum Gasteiger partial charge on any atom is 0.446 e. The van der Waals surface area contributed by atoms with Gasteiger partial charge in [-0.15, -0.1) is 0 Å². The fourth-order valence-corrected chi connectivity index (χ4v) is 1.88. The summed E-state index contributed by atoms with van der Waals surface area (Å²) in [5.74, 6) is -1.79. The smallest absolute Gasteiger partial charge is 0.446 e. The molecule has 23 heavy (non-hydrogen) atoms. The van der Waals surface area contributed by atoms with Gasteiger partial charge < -0.3 is 13.7 Å². The minimum atomic E-state index is -4.62. The van der Waals surface area contributed by atoms with Gasteiger partial charge in [-0.3, -0.25) is 4.55 Å². The summed E-state index contributed by atoms with van der Waals surface area (Å²) < 4.78 is 43.6. The van der Waals surface area contributed by atoms with Gasteiger partial charge in [0.1, 0.15) is 11.3 Å². The van der Waals surface area contributed by atoms with Crippen LogP contribution in [0.25, 0.3) is 6.08 Å². The molecule has 9 heteroatoms. The van der Waals surface area contributed by atoms with E-state index < -0.39 is 22.3 Å². The number of esters is 2. The van der Waals surface area contributed by atoms with Crippen molar-refractivity contribution in [3.63, 3.8) is 0 Å². The van der Waals surface area contributed by atoms with E-state index in [0.29, 0.717) is 5.56 Å². The Morgan fingerprint density at radius 2 is 1.52 bits per heavy atom. The molecule has 0 saturated heterocycles. The predicted molar refractivity (Wildman–Crippen MR) is 79.9 cm³/mol. The SMILES string of the molecule is CCOC(=O)C(=Cc1ccc(OS(=O)(=O)O)cc1)C(=O)OCC. The van der Waals surface area contributed by atoms with Gasteiger partial charge in [-0.2, -0.15) is 8.42 Å². The Kier molecular flexibility index (Phi) is 6.73. The van der Waals surface area contributed by atoms with Crippen LogP contribution in [0.4, 0.5) is 0 Å². The molecule has 0 heterocycles. The van der Waals surface area contributed by atoms with Crippen molar-refractivity contribution in [2.24, 2.45) is 0 Å². The fraction of sp³-hybridized carbons (Fsp3) is 0.286. The molecule has 126 valence electrons. The Bertz CT molecular complexity index is 668. The molecule has 0 bridgehead atoms. The van der Waals surface area contributed by atoms with Crippen molar-refractivity contribution in [3.05, 3.63) is 35.4 Å². The number of rotatable bonds is 7. The lowest BCUT2D eigenvalue weighted by atomic mass is 10.1. The minimum absolute atomic E-state index is 0.0940. The fourth-order valence-electron chi connectivity index (χ4n) is 1.53. The van der Waals surface area contributed by atoms with Gasteiger partial charge in [-0.25, -0.2) is 9.59 Å². The standard InChI is InChI=1S/C14H16O8S/c1-3-20-13(15)12(14(16)21-4-2)9-10-5-7-11(8-6-10)22-23(17,18)19/h5-9H,3-4H2,1-2H3,(H,17,18,19). The Labute approximate surface area is 133 Å². The van der Waals surface area contributed by atoms with E-state index in [9.17, 15) is 18.0 Å². The summed E-state index contributed by atoms with van der Waals surface area (Å²) in [4.78, 5) is 23.6. The molecule has 0 aromatic heterocycles. The summed E-state index contributed by atoms with van der Waals surface area (Å²) in [6.45, 7) is 3.39. The number of ether oxygens (including phenoxy) is 2. The molecule has 1 aromatic carbocycles. The van der Waals surface area contributed by atoms with Gasteiger partial charge in [0.15, 0.2) is 0 Å². The number of benzene rings is 1. The zero-order chi connectivity index (χ0) is 17.5. The van der Waals surface area contributed by atoms with E-state index in [1.165, 1.54) is 30.3 Å². The van der Waals surface area contributed by atoms with Crippen LogP contribution in [-0.4, -0.2) is 38.1 Å². The minimum Gasteiger partial charge on any atom is -0.462 e. The quantitative estimate of drug-likeness (QED) is 0.259. The maximum atomic E-state index is 11.8. The summed E-state index contributed by atoms with van der Waals surface area (Å²) in [7, 11) is -4.62. The number of hydrogen-bond acceptors (Lipinski definition) is 7. The third kappa shape index (κ3) is 6.49. The highest BCUT2D eigenvalue weighted by Gasteiger charge is 2.20. The average molecular weight is 344 g/mol. The Hall–Kier alpha value is -2.39. The molecule has 0 atom stereocenters. The first-order valence-electron chi connectivity index (χ1n) is 6.59. The van der Waals surface area contributed by atoms with Crippen LogP contribution in [0, 0.1) is 0 Å². The molecule has 0 spiro atoms. The summed E-state index contributed by atoms with van der Waals surface area (Å²) >= 11 is 0. The normalized spacial score (nSPS) is 10.6. The van der Waals surface area contributed by atoms with Crippen LogP contribution < -0.4 is 4.18 Å². The molecular weight excluding hydrogens is 328 g/mol. The lowest BCUT2D eigenvalue weighted by molar-refractivity contribution is -0.146. The van der Waals surface area contributed by atoms with Crippen LogP contribution in [0.2, 0.25) is 0 Å². The van der Waals surface area contributed by atoms with Crippen LogP contribution in [0.1, 0.15) is 19.4 Å². The summed E-state index contributed by atoms with van der Waals surface area (Å²) in [6.07, 6.45) is 1.24.